The van der Waals surface area contributed by atoms with E-state index in [4.69, 9.17) is 9.47 Å². The van der Waals surface area contributed by atoms with Gasteiger partial charge in [0.1, 0.15) is 23.9 Å². The van der Waals surface area contributed by atoms with E-state index in [0.717, 1.165) is 56.0 Å². The third kappa shape index (κ3) is 8.01. The van der Waals surface area contributed by atoms with Crippen molar-refractivity contribution in [3.05, 3.63) is 48.2 Å². The molecule has 2 N–H and O–H groups in total. The van der Waals surface area contributed by atoms with Gasteiger partial charge < -0.3 is 29.9 Å². The van der Waals surface area contributed by atoms with Crippen molar-refractivity contribution in [2.45, 2.75) is 13.5 Å². The molecule has 0 aliphatic carbocycles. The maximum atomic E-state index is 5.74. The second-order valence-electron chi connectivity index (χ2n) is 7.32. The summed E-state index contributed by atoms with van der Waals surface area (Å²) in [5.74, 6) is 3.42. The van der Waals surface area contributed by atoms with Crippen molar-refractivity contribution in [2.75, 3.05) is 64.9 Å². The van der Waals surface area contributed by atoms with Crippen LogP contribution in [-0.4, -0.2) is 75.9 Å². The molecule has 1 saturated heterocycles. The van der Waals surface area contributed by atoms with E-state index in [1.54, 1.807) is 14.2 Å². The highest BCUT2D eigenvalue weighted by Crippen LogP contribution is 2.17. The van der Waals surface area contributed by atoms with Crippen LogP contribution in [0.5, 0.6) is 11.5 Å². The molecule has 176 valence electrons. The number of guanidine groups is 1. The second kappa shape index (κ2) is 14.0. The average molecular weight is 554 g/mol. The molecule has 0 saturated carbocycles. The number of methoxy groups -OCH3 is 1. The smallest absolute Gasteiger partial charge is 0.191 e. The summed E-state index contributed by atoms with van der Waals surface area (Å²) in [6.45, 7) is 9.43. The lowest BCUT2D eigenvalue weighted by Gasteiger charge is -2.34. The third-order valence-corrected chi connectivity index (χ3v) is 5.36. The van der Waals surface area contributed by atoms with Gasteiger partial charge >= 0.3 is 0 Å². The Morgan fingerprint density at radius 1 is 1.06 bits per heavy atom. The van der Waals surface area contributed by atoms with Crippen LogP contribution in [0.4, 0.5) is 5.82 Å². The number of rotatable bonds is 9. The van der Waals surface area contributed by atoms with Crippen LogP contribution >= 0.6 is 24.0 Å². The zero-order valence-electron chi connectivity index (χ0n) is 19.2. The summed E-state index contributed by atoms with van der Waals surface area (Å²) in [6, 6.07) is 11.8. The number of nitrogens with one attached hydrogen (secondary N) is 2. The Morgan fingerprint density at radius 2 is 1.78 bits per heavy atom. The Balaban J connectivity index is 0.00000363. The Labute approximate surface area is 208 Å². The fourth-order valence-corrected chi connectivity index (χ4v) is 3.45. The molecule has 2 aromatic rings. The normalized spacial score (nSPS) is 14.5. The van der Waals surface area contributed by atoms with Gasteiger partial charge in [-0.15, -0.1) is 24.0 Å². The highest BCUT2D eigenvalue weighted by molar-refractivity contribution is 14.0. The number of anilines is 1. The number of hydrogen-bond donors (Lipinski definition) is 2. The molecule has 1 aromatic carbocycles. The van der Waals surface area contributed by atoms with Crippen LogP contribution in [0.1, 0.15) is 12.5 Å². The minimum Gasteiger partial charge on any atom is -0.497 e. The lowest BCUT2D eigenvalue weighted by atomic mass is 10.2. The monoisotopic (exact) mass is 554 g/mol. The summed E-state index contributed by atoms with van der Waals surface area (Å²) >= 11 is 0. The quantitative estimate of drug-likeness (QED) is 0.214. The number of ether oxygens (including phenoxy) is 2. The Morgan fingerprint density at radius 3 is 2.44 bits per heavy atom. The zero-order valence-corrected chi connectivity index (χ0v) is 21.5. The largest absolute Gasteiger partial charge is 0.497 e. The molecule has 1 aliphatic rings. The molecule has 3 rings (SSSR count). The van der Waals surface area contributed by atoms with Crippen molar-refractivity contribution in [2.24, 2.45) is 4.99 Å². The molecule has 0 bridgehead atoms. The minimum atomic E-state index is 0. The molecule has 32 heavy (non-hydrogen) atoms. The number of aliphatic imine (C=N–C) groups is 1. The number of benzene rings is 1. The van der Waals surface area contributed by atoms with Crippen molar-refractivity contribution in [3.8, 4) is 11.5 Å². The minimum absolute atomic E-state index is 0. The standard InChI is InChI=1S/C23H34N6O2.HI/c1-4-28-12-14-29(15-13-28)22-17-19(9-10-25-22)18-27-23(24-2)26-11-16-31-21-7-5-20(30-3)6-8-21;/h5-10,17H,4,11-16,18H2,1-3H3,(H2,24,26,27);1H. The highest BCUT2D eigenvalue weighted by atomic mass is 127. The van der Waals surface area contributed by atoms with Gasteiger partial charge in [0.2, 0.25) is 0 Å². The van der Waals surface area contributed by atoms with Crippen molar-refractivity contribution in [1.29, 1.82) is 0 Å². The summed E-state index contributed by atoms with van der Waals surface area (Å²) in [6.07, 6.45) is 1.89. The van der Waals surface area contributed by atoms with Gasteiger partial charge in [0.05, 0.1) is 13.7 Å². The highest BCUT2D eigenvalue weighted by Gasteiger charge is 2.16. The van der Waals surface area contributed by atoms with E-state index in [0.29, 0.717) is 19.7 Å². The number of likely N-dealkylation sites (N-methyl/N-ethyl adjacent to an activating group) is 1. The van der Waals surface area contributed by atoms with E-state index in [-0.39, 0.29) is 24.0 Å². The fourth-order valence-electron chi connectivity index (χ4n) is 3.45. The first-order chi connectivity index (χ1) is 15.2. The molecule has 0 spiro atoms. The summed E-state index contributed by atoms with van der Waals surface area (Å²) in [5.41, 5.74) is 1.18. The van der Waals surface area contributed by atoms with Crippen LogP contribution in [-0.2, 0) is 6.54 Å². The van der Waals surface area contributed by atoms with Crippen LogP contribution in [0.15, 0.2) is 47.6 Å². The first-order valence-corrected chi connectivity index (χ1v) is 10.9. The van der Waals surface area contributed by atoms with Crippen molar-refractivity contribution >= 4 is 35.8 Å². The predicted octanol–water partition coefficient (Wildman–Crippen LogP) is 2.59. The van der Waals surface area contributed by atoms with Crippen LogP contribution in [0.2, 0.25) is 0 Å². The zero-order chi connectivity index (χ0) is 21.9. The topological polar surface area (TPSA) is 74.2 Å². The Hall–Kier alpha value is -2.27. The number of piperazine rings is 1. The molecule has 9 heteroatoms. The van der Waals surface area contributed by atoms with Gasteiger partial charge in [-0.2, -0.15) is 0 Å². The molecule has 0 atom stereocenters. The summed E-state index contributed by atoms with van der Waals surface area (Å²) in [7, 11) is 3.42. The van der Waals surface area contributed by atoms with E-state index >= 15 is 0 Å². The summed E-state index contributed by atoms with van der Waals surface area (Å²) < 4.78 is 10.9. The molecule has 0 radical (unpaired) electrons. The number of aromatic nitrogens is 1. The van der Waals surface area contributed by atoms with Gasteiger partial charge in [-0.3, -0.25) is 4.99 Å². The fraction of sp³-hybridized carbons (Fsp3) is 0.478. The van der Waals surface area contributed by atoms with Gasteiger partial charge in [0, 0.05) is 46.0 Å². The van der Waals surface area contributed by atoms with E-state index in [1.165, 1.54) is 5.56 Å². The van der Waals surface area contributed by atoms with E-state index in [9.17, 15) is 0 Å². The summed E-state index contributed by atoms with van der Waals surface area (Å²) in [4.78, 5) is 13.7. The lowest BCUT2D eigenvalue weighted by molar-refractivity contribution is 0.270. The number of pyridine rings is 1. The van der Waals surface area contributed by atoms with Crippen molar-refractivity contribution < 1.29 is 9.47 Å². The van der Waals surface area contributed by atoms with Crippen LogP contribution in [0.25, 0.3) is 0 Å². The van der Waals surface area contributed by atoms with E-state index < -0.39 is 0 Å². The molecule has 2 heterocycles. The van der Waals surface area contributed by atoms with Crippen molar-refractivity contribution in [1.82, 2.24) is 20.5 Å². The van der Waals surface area contributed by atoms with Gasteiger partial charge in [-0.05, 0) is 48.5 Å². The van der Waals surface area contributed by atoms with E-state index in [2.05, 4.69) is 43.4 Å². The molecule has 0 unspecified atom stereocenters. The molecule has 1 aliphatic heterocycles. The second-order valence-corrected chi connectivity index (χ2v) is 7.32. The first-order valence-electron chi connectivity index (χ1n) is 10.9. The van der Waals surface area contributed by atoms with Gasteiger partial charge in [0.15, 0.2) is 5.96 Å². The summed E-state index contributed by atoms with van der Waals surface area (Å²) in [5, 5.41) is 6.64. The first kappa shape index (κ1) is 26.0. The molecule has 1 aromatic heterocycles. The molecular formula is C23H35IN6O2. The molecule has 1 fully saturated rings. The van der Waals surface area contributed by atoms with Crippen LogP contribution < -0.4 is 25.0 Å². The maximum Gasteiger partial charge on any atom is 0.191 e. The van der Waals surface area contributed by atoms with Gasteiger partial charge in [-0.1, -0.05) is 6.92 Å². The Bertz CT molecular complexity index is 825. The molecule has 8 nitrogen and oxygen atoms in total. The van der Waals surface area contributed by atoms with Gasteiger partial charge in [0.25, 0.3) is 0 Å². The van der Waals surface area contributed by atoms with E-state index in [1.807, 2.05) is 36.5 Å². The van der Waals surface area contributed by atoms with Crippen LogP contribution in [0.3, 0.4) is 0 Å². The van der Waals surface area contributed by atoms with Crippen LogP contribution in [0, 0.1) is 0 Å². The number of halogens is 1. The SMILES string of the molecule is CCN1CCN(c2cc(CNC(=NC)NCCOc3ccc(OC)cc3)ccn2)CC1.I. The average Bonchev–Trinajstić information content (AvgIpc) is 2.84. The van der Waals surface area contributed by atoms with Crippen molar-refractivity contribution in [3.63, 3.8) is 0 Å². The molecule has 0 amide bonds. The lowest BCUT2D eigenvalue weighted by Crippen LogP contribution is -2.46. The Kier molecular flexibility index (Phi) is 11.4. The maximum absolute atomic E-state index is 5.74. The molecular weight excluding hydrogens is 519 g/mol. The number of nitrogens with zero attached hydrogens (tertiary/aromatic N) is 4. The van der Waals surface area contributed by atoms with Gasteiger partial charge in [-0.25, -0.2) is 4.98 Å². The third-order valence-electron chi connectivity index (χ3n) is 5.36. The number of hydrogen-bond acceptors (Lipinski definition) is 6. The predicted molar refractivity (Wildman–Crippen MR) is 141 cm³/mol.